The van der Waals surface area contributed by atoms with Gasteiger partial charge in [-0.15, -0.1) is 0 Å². The van der Waals surface area contributed by atoms with Crippen LogP contribution >= 0.6 is 0 Å². The molecule has 1 aliphatic rings. The third-order valence-electron chi connectivity index (χ3n) is 7.33. The van der Waals surface area contributed by atoms with Gasteiger partial charge in [-0.2, -0.15) is 0 Å². The van der Waals surface area contributed by atoms with Crippen LogP contribution in [0.3, 0.4) is 0 Å². The first kappa shape index (κ1) is 27.2. The maximum atomic E-state index is 16.7. The smallest absolute Gasteiger partial charge is 0.253 e. The van der Waals surface area contributed by atoms with E-state index in [9.17, 15) is 14.0 Å². The van der Waals surface area contributed by atoms with Crippen molar-refractivity contribution in [1.82, 2.24) is 20.1 Å². The second-order valence-corrected chi connectivity index (χ2v) is 9.98. The predicted molar refractivity (Wildman–Crippen MR) is 150 cm³/mol. The van der Waals surface area contributed by atoms with Crippen molar-refractivity contribution < 1.29 is 22.8 Å². The number of aryl methyl sites for hydroxylation is 1. The van der Waals surface area contributed by atoms with Gasteiger partial charge in [0.1, 0.15) is 11.6 Å². The maximum Gasteiger partial charge on any atom is 0.253 e. The zero-order valence-electron chi connectivity index (χ0n) is 22.7. The predicted octanol–water partition coefficient (Wildman–Crippen LogP) is 5.28. The van der Waals surface area contributed by atoms with Crippen LogP contribution in [0.15, 0.2) is 54.6 Å². The van der Waals surface area contributed by atoms with Gasteiger partial charge in [0, 0.05) is 55.8 Å². The van der Waals surface area contributed by atoms with Gasteiger partial charge in [-0.3, -0.25) is 9.59 Å². The zero-order valence-corrected chi connectivity index (χ0v) is 22.7. The number of nitrogens with one attached hydrogen (secondary N) is 2. The summed E-state index contributed by atoms with van der Waals surface area (Å²) in [5.74, 6) is -3.74. The standard InChI is InChI=1S/C31H29F3N4O2/c1-17-5-10-26-22(13-17)23-16-37(4)12-11-27(23)38(26)29(19-7-9-21(25(33)15-19)31(40)36-3)28(34)18-6-8-20(24(32)14-18)30(39)35-2/h5-10,13-15H,11-12,16H2,1-4H3,(H,35,39)(H,36,40). The summed E-state index contributed by atoms with van der Waals surface area (Å²) in [6.45, 7) is 3.37. The highest BCUT2D eigenvalue weighted by atomic mass is 19.1. The van der Waals surface area contributed by atoms with Gasteiger partial charge in [0.15, 0.2) is 5.83 Å². The minimum Gasteiger partial charge on any atom is -0.355 e. The second-order valence-electron chi connectivity index (χ2n) is 9.98. The number of carbonyl (C=O) groups excluding carboxylic acids is 2. The minimum atomic E-state index is -0.885. The van der Waals surface area contributed by atoms with E-state index < -0.39 is 29.3 Å². The number of halogens is 3. The van der Waals surface area contributed by atoms with Gasteiger partial charge in [0.25, 0.3) is 11.8 Å². The number of hydrogen-bond donors (Lipinski definition) is 2. The highest BCUT2D eigenvalue weighted by Crippen LogP contribution is 2.39. The molecule has 0 fully saturated rings. The Hall–Kier alpha value is -4.37. The topological polar surface area (TPSA) is 66.4 Å². The molecule has 206 valence electrons. The average Bonchev–Trinajstić information content (AvgIpc) is 3.24. The van der Waals surface area contributed by atoms with Crippen molar-refractivity contribution in [3.8, 4) is 0 Å². The molecule has 2 amide bonds. The molecule has 40 heavy (non-hydrogen) atoms. The fourth-order valence-electron chi connectivity index (χ4n) is 5.31. The van der Waals surface area contributed by atoms with Gasteiger partial charge in [0.05, 0.1) is 22.3 Å². The van der Waals surface area contributed by atoms with Crippen molar-refractivity contribution in [2.24, 2.45) is 0 Å². The molecule has 5 rings (SSSR count). The van der Waals surface area contributed by atoms with Crippen molar-refractivity contribution in [3.63, 3.8) is 0 Å². The van der Waals surface area contributed by atoms with Crippen LogP contribution in [-0.2, 0) is 13.0 Å². The maximum absolute atomic E-state index is 16.7. The zero-order chi connectivity index (χ0) is 28.7. The molecule has 0 radical (unpaired) electrons. The van der Waals surface area contributed by atoms with E-state index in [1.165, 1.54) is 38.4 Å². The van der Waals surface area contributed by atoms with E-state index in [1.807, 2.05) is 32.2 Å². The molecule has 0 unspecified atom stereocenters. The number of fused-ring (bicyclic) bond motifs is 3. The number of carbonyl (C=O) groups is 2. The summed E-state index contributed by atoms with van der Waals surface area (Å²) in [6, 6.07) is 13.3. The number of benzene rings is 3. The molecular formula is C31H29F3N4O2. The quantitative estimate of drug-likeness (QED) is 0.335. The largest absolute Gasteiger partial charge is 0.355 e. The Kier molecular flexibility index (Phi) is 7.25. The molecule has 0 aliphatic carbocycles. The van der Waals surface area contributed by atoms with E-state index in [4.69, 9.17) is 0 Å². The Morgan fingerprint density at radius 1 is 0.850 bits per heavy atom. The lowest BCUT2D eigenvalue weighted by Crippen LogP contribution is -2.27. The van der Waals surface area contributed by atoms with E-state index in [0.29, 0.717) is 13.0 Å². The van der Waals surface area contributed by atoms with Crippen molar-refractivity contribution in [1.29, 1.82) is 0 Å². The summed E-state index contributed by atoms with van der Waals surface area (Å²) in [5.41, 5.74) is 3.39. The number of amides is 2. The van der Waals surface area contributed by atoms with E-state index in [-0.39, 0.29) is 28.0 Å². The first-order valence-corrected chi connectivity index (χ1v) is 12.9. The normalized spacial score (nSPS) is 14.1. The van der Waals surface area contributed by atoms with Crippen LogP contribution in [0.25, 0.3) is 22.4 Å². The number of rotatable bonds is 5. The molecule has 0 bridgehead atoms. The van der Waals surface area contributed by atoms with Crippen molar-refractivity contribution >= 4 is 34.2 Å². The van der Waals surface area contributed by atoms with Gasteiger partial charge in [-0.05, 0) is 55.9 Å². The van der Waals surface area contributed by atoms with Gasteiger partial charge in [0.2, 0.25) is 0 Å². The Morgan fingerprint density at radius 3 is 2.05 bits per heavy atom. The molecule has 9 heteroatoms. The lowest BCUT2D eigenvalue weighted by atomic mass is 10.0. The summed E-state index contributed by atoms with van der Waals surface area (Å²) in [5, 5.41) is 5.71. The van der Waals surface area contributed by atoms with Crippen LogP contribution < -0.4 is 10.6 Å². The first-order chi connectivity index (χ1) is 19.1. The number of hydrogen-bond acceptors (Lipinski definition) is 3. The summed E-state index contributed by atoms with van der Waals surface area (Å²) in [6.07, 6.45) is 0.610. The van der Waals surface area contributed by atoms with E-state index in [0.717, 1.165) is 46.4 Å². The molecule has 1 aromatic heterocycles. The molecule has 0 atom stereocenters. The van der Waals surface area contributed by atoms with Crippen LogP contribution in [0.4, 0.5) is 13.2 Å². The van der Waals surface area contributed by atoms with Gasteiger partial charge >= 0.3 is 0 Å². The van der Waals surface area contributed by atoms with E-state index in [1.54, 1.807) is 4.57 Å². The molecule has 1 aliphatic heterocycles. The Labute approximate surface area is 230 Å². The Balaban J connectivity index is 1.83. The molecule has 4 aromatic rings. The Bertz CT molecular complexity index is 1710. The van der Waals surface area contributed by atoms with Gasteiger partial charge < -0.3 is 20.1 Å². The van der Waals surface area contributed by atoms with Gasteiger partial charge in [-0.25, -0.2) is 13.2 Å². The monoisotopic (exact) mass is 546 g/mol. The number of nitrogens with zero attached hydrogens (tertiary/aromatic N) is 2. The third kappa shape index (κ3) is 4.66. The molecule has 0 saturated heterocycles. The summed E-state index contributed by atoms with van der Waals surface area (Å²) >= 11 is 0. The second kappa shape index (κ2) is 10.7. The summed E-state index contributed by atoms with van der Waals surface area (Å²) in [4.78, 5) is 26.4. The third-order valence-corrected chi connectivity index (χ3v) is 7.33. The fraction of sp³-hybridized carbons (Fsp3) is 0.226. The summed E-state index contributed by atoms with van der Waals surface area (Å²) < 4.78 is 48.7. The van der Waals surface area contributed by atoms with Crippen LogP contribution in [0.2, 0.25) is 0 Å². The van der Waals surface area contributed by atoms with Crippen LogP contribution in [0.1, 0.15) is 48.7 Å². The summed E-state index contributed by atoms with van der Waals surface area (Å²) in [7, 11) is 4.79. The number of likely N-dealkylation sites (N-methyl/N-ethyl adjacent to an activating group) is 1. The van der Waals surface area contributed by atoms with Crippen LogP contribution in [0, 0.1) is 18.6 Å². The van der Waals surface area contributed by atoms with Crippen molar-refractivity contribution in [3.05, 3.63) is 105 Å². The van der Waals surface area contributed by atoms with Gasteiger partial charge in [-0.1, -0.05) is 23.8 Å². The molecule has 2 heterocycles. The highest BCUT2D eigenvalue weighted by Gasteiger charge is 2.28. The lowest BCUT2D eigenvalue weighted by Gasteiger charge is -2.25. The van der Waals surface area contributed by atoms with Crippen LogP contribution in [-0.4, -0.2) is 49.0 Å². The highest BCUT2D eigenvalue weighted by molar-refractivity contribution is 5.99. The van der Waals surface area contributed by atoms with Crippen LogP contribution in [0.5, 0.6) is 0 Å². The van der Waals surface area contributed by atoms with E-state index in [2.05, 4.69) is 15.5 Å². The number of aromatic nitrogens is 1. The molecule has 0 spiro atoms. The van der Waals surface area contributed by atoms with Crippen molar-refractivity contribution in [2.45, 2.75) is 19.9 Å². The first-order valence-electron chi connectivity index (χ1n) is 12.9. The lowest BCUT2D eigenvalue weighted by molar-refractivity contribution is 0.0950. The minimum absolute atomic E-state index is 0.0223. The van der Waals surface area contributed by atoms with E-state index >= 15 is 8.78 Å². The molecular weight excluding hydrogens is 517 g/mol. The molecule has 2 N–H and O–H groups in total. The average molecular weight is 547 g/mol. The molecule has 0 saturated carbocycles. The molecule has 3 aromatic carbocycles. The SMILES string of the molecule is CNC(=O)c1ccc(C(F)=C(c2ccc(C(=O)NC)c(F)c2)n2c3c(c4cc(C)ccc42)CN(C)CC3)cc1F. The fourth-order valence-corrected chi connectivity index (χ4v) is 5.31. The Morgan fingerprint density at radius 2 is 1.45 bits per heavy atom. The van der Waals surface area contributed by atoms with Crippen molar-refractivity contribution in [2.75, 3.05) is 27.7 Å². The molecule has 6 nitrogen and oxygen atoms in total.